The van der Waals surface area contributed by atoms with E-state index in [0.717, 1.165) is 17.6 Å². The molecule has 1 aliphatic rings. The van der Waals surface area contributed by atoms with E-state index in [9.17, 15) is 13.2 Å². The number of nitrogens with one attached hydrogen (secondary N) is 1. The molecule has 6 nitrogen and oxygen atoms in total. The fraction of sp³-hybridized carbons (Fsp3) is 0.389. The number of carbonyl (C=O) groups is 1. The van der Waals surface area contributed by atoms with Crippen molar-refractivity contribution in [1.82, 2.24) is 10.2 Å². The van der Waals surface area contributed by atoms with Crippen molar-refractivity contribution in [3.63, 3.8) is 0 Å². The van der Waals surface area contributed by atoms with Crippen LogP contribution >= 0.6 is 15.9 Å². The molecule has 140 valence electrons. The molecule has 1 fully saturated rings. The summed E-state index contributed by atoms with van der Waals surface area (Å²) < 4.78 is 31.3. The summed E-state index contributed by atoms with van der Waals surface area (Å²) in [6.07, 6.45) is 2.38. The van der Waals surface area contributed by atoms with Crippen LogP contribution in [0, 0.1) is 0 Å². The molecule has 1 aromatic heterocycles. The topological polar surface area (TPSA) is 79.6 Å². The Balaban J connectivity index is 1.66. The van der Waals surface area contributed by atoms with Crippen molar-refractivity contribution in [3.8, 4) is 0 Å². The fourth-order valence-electron chi connectivity index (χ4n) is 2.96. The van der Waals surface area contributed by atoms with Gasteiger partial charge in [-0.25, -0.2) is 8.42 Å². The van der Waals surface area contributed by atoms with Crippen molar-refractivity contribution in [2.24, 2.45) is 0 Å². The number of hydrogen-bond acceptors (Lipinski definition) is 5. The zero-order valence-electron chi connectivity index (χ0n) is 14.4. The van der Waals surface area contributed by atoms with Crippen LogP contribution in [0.1, 0.15) is 30.3 Å². The molecule has 1 unspecified atom stereocenters. The molecule has 2 aromatic rings. The van der Waals surface area contributed by atoms with Crippen molar-refractivity contribution in [3.05, 3.63) is 46.6 Å². The summed E-state index contributed by atoms with van der Waals surface area (Å²) in [7, 11) is -3.79. The van der Waals surface area contributed by atoms with Gasteiger partial charge in [-0.15, -0.1) is 0 Å². The van der Waals surface area contributed by atoms with Crippen molar-refractivity contribution in [2.75, 3.05) is 19.6 Å². The Kier molecular flexibility index (Phi) is 5.84. The van der Waals surface area contributed by atoms with E-state index in [2.05, 4.69) is 33.1 Å². The highest BCUT2D eigenvalue weighted by atomic mass is 79.9. The summed E-state index contributed by atoms with van der Waals surface area (Å²) in [6.45, 7) is 4.66. The van der Waals surface area contributed by atoms with E-state index in [1.807, 2.05) is 0 Å². The number of likely N-dealkylation sites (tertiary alicyclic amines) is 1. The molecule has 2 heterocycles. The number of rotatable bonds is 6. The number of hydrogen-bond donors (Lipinski definition) is 1. The molecule has 1 atom stereocenters. The first-order valence-electron chi connectivity index (χ1n) is 8.50. The number of carbonyl (C=O) groups excluding carboxylic acids is 1. The summed E-state index contributed by atoms with van der Waals surface area (Å²) in [4.78, 5) is 14.7. The van der Waals surface area contributed by atoms with E-state index in [0.29, 0.717) is 6.54 Å². The maximum Gasteiger partial charge on any atom is 0.287 e. The van der Waals surface area contributed by atoms with Crippen molar-refractivity contribution >= 4 is 31.7 Å². The van der Waals surface area contributed by atoms with E-state index in [1.165, 1.54) is 37.1 Å². The summed E-state index contributed by atoms with van der Waals surface area (Å²) in [5.74, 6) is -0.414. The SMILES string of the molecule is CC(CNC(=O)c1ccc(S(=O)(=O)c2ccc(Br)cc2)o1)N1CCCC1. The average molecular weight is 441 g/mol. The van der Waals surface area contributed by atoms with E-state index >= 15 is 0 Å². The van der Waals surface area contributed by atoms with Gasteiger partial charge in [-0.3, -0.25) is 9.69 Å². The first kappa shape index (κ1) is 19.1. The minimum atomic E-state index is -3.79. The van der Waals surface area contributed by atoms with Crippen LogP contribution in [0.2, 0.25) is 0 Å². The third kappa shape index (κ3) is 4.19. The van der Waals surface area contributed by atoms with Gasteiger partial charge in [0, 0.05) is 17.1 Å². The first-order valence-corrected chi connectivity index (χ1v) is 10.8. The minimum absolute atomic E-state index is 0.00527. The zero-order chi connectivity index (χ0) is 18.7. The zero-order valence-corrected chi connectivity index (χ0v) is 16.8. The molecule has 1 aromatic carbocycles. The number of benzene rings is 1. The third-order valence-corrected chi connectivity index (χ3v) is 6.69. The molecule has 0 bridgehead atoms. The largest absolute Gasteiger partial charge is 0.439 e. The Morgan fingerprint density at radius 1 is 1.19 bits per heavy atom. The summed E-state index contributed by atoms with van der Waals surface area (Å²) in [5.41, 5.74) is 0. The summed E-state index contributed by atoms with van der Waals surface area (Å²) in [6, 6.07) is 9.20. The Hall–Kier alpha value is -1.64. The first-order chi connectivity index (χ1) is 12.4. The molecule has 26 heavy (non-hydrogen) atoms. The fourth-order valence-corrected chi connectivity index (χ4v) is 4.39. The maximum atomic E-state index is 12.6. The van der Waals surface area contributed by atoms with Crippen LogP contribution in [-0.2, 0) is 9.84 Å². The molecule has 0 aliphatic carbocycles. The normalized spacial score (nSPS) is 16.5. The molecule has 1 aliphatic heterocycles. The number of amides is 1. The average Bonchev–Trinajstić information content (AvgIpc) is 3.31. The highest BCUT2D eigenvalue weighted by Crippen LogP contribution is 2.24. The lowest BCUT2D eigenvalue weighted by Gasteiger charge is -2.23. The van der Waals surface area contributed by atoms with Gasteiger partial charge in [-0.2, -0.15) is 0 Å². The predicted molar refractivity (Wildman–Crippen MR) is 101 cm³/mol. The van der Waals surface area contributed by atoms with Crippen LogP contribution in [0.4, 0.5) is 0 Å². The van der Waals surface area contributed by atoms with Crippen molar-refractivity contribution in [1.29, 1.82) is 0 Å². The molecule has 8 heteroatoms. The molecule has 0 spiro atoms. The van der Waals surface area contributed by atoms with E-state index in [1.54, 1.807) is 12.1 Å². The number of halogens is 1. The second-order valence-corrected chi connectivity index (χ2v) is 9.17. The number of furan rings is 1. The lowest BCUT2D eigenvalue weighted by Crippen LogP contribution is -2.40. The Morgan fingerprint density at radius 2 is 1.85 bits per heavy atom. The Labute approximate surface area is 161 Å². The lowest BCUT2D eigenvalue weighted by molar-refractivity contribution is 0.0907. The molecule has 1 saturated heterocycles. The van der Waals surface area contributed by atoms with Gasteiger partial charge in [-0.1, -0.05) is 15.9 Å². The highest BCUT2D eigenvalue weighted by molar-refractivity contribution is 9.10. The second-order valence-electron chi connectivity index (χ2n) is 6.38. The standard InChI is InChI=1S/C18H21BrN2O4S/c1-13(21-10-2-3-11-21)12-20-18(22)16-8-9-17(25-16)26(23,24)15-6-4-14(19)5-7-15/h4-9,13H,2-3,10-12H2,1H3,(H,20,22). The quantitative estimate of drug-likeness (QED) is 0.746. The van der Waals surface area contributed by atoms with Crippen LogP contribution in [0.15, 0.2) is 55.3 Å². The maximum absolute atomic E-state index is 12.6. The monoisotopic (exact) mass is 440 g/mol. The molecular formula is C18H21BrN2O4S. The van der Waals surface area contributed by atoms with E-state index < -0.39 is 15.7 Å². The van der Waals surface area contributed by atoms with Crippen molar-refractivity contribution < 1.29 is 17.6 Å². The Bertz CT molecular complexity index is 871. The molecule has 1 N–H and O–H groups in total. The molecule has 0 radical (unpaired) electrons. The van der Waals surface area contributed by atoms with Gasteiger partial charge in [0.15, 0.2) is 5.76 Å². The van der Waals surface area contributed by atoms with Gasteiger partial charge in [0.2, 0.25) is 14.9 Å². The number of sulfone groups is 1. The molecule has 3 rings (SSSR count). The van der Waals surface area contributed by atoms with Gasteiger partial charge in [-0.05, 0) is 69.3 Å². The van der Waals surface area contributed by atoms with Crippen molar-refractivity contribution in [2.45, 2.75) is 35.8 Å². The number of nitrogens with zero attached hydrogens (tertiary/aromatic N) is 1. The van der Waals surface area contributed by atoms with Gasteiger partial charge in [0.05, 0.1) is 4.90 Å². The predicted octanol–water partition coefficient (Wildman–Crippen LogP) is 3.09. The Morgan fingerprint density at radius 3 is 2.50 bits per heavy atom. The second kappa shape index (κ2) is 7.94. The minimum Gasteiger partial charge on any atom is -0.439 e. The van der Waals surface area contributed by atoms with Crippen LogP contribution in [0.25, 0.3) is 0 Å². The van der Waals surface area contributed by atoms with Crippen LogP contribution in [-0.4, -0.2) is 44.9 Å². The molecular weight excluding hydrogens is 420 g/mol. The highest BCUT2D eigenvalue weighted by Gasteiger charge is 2.24. The van der Waals surface area contributed by atoms with Gasteiger partial charge >= 0.3 is 0 Å². The summed E-state index contributed by atoms with van der Waals surface area (Å²) >= 11 is 3.27. The smallest absolute Gasteiger partial charge is 0.287 e. The van der Waals surface area contributed by atoms with Gasteiger partial charge < -0.3 is 9.73 Å². The summed E-state index contributed by atoms with van der Waals surface area (Å²) in [5, 5.41) is 2.57. The van der Waals surface area contributed by atoms with Crippen LogP contribution < -0.4 is 5.32 Å². The van der Waals surface area contributed by atoms with Crippen LogP contribution in [0.3, 0.4) is 0 Å². The lowest BCUT2D eigenvalue weighted by atomic mass is 10.3. The van der Waals surface area contributed by atoms with Gasteiger partial charge in [0.25, 0.3) is 5.91 Å². The van der Waals surface area contributed by atoms with E-state index in [-0.39, 0.29) is 21.8 Å². The molecule has 0 saturated carbocycles. The molecule has 1 amide bonds. The van der Waals surface area contributed by atoms with E-state index in [4.69, 9.17) is 4.42 Å². The van der Waals surface area contributed by atoms with Crippen LogP contribution in [0.5, 0.6) is 0 Å². The van der Waals surface area contributed by atoms with Gasteiger partial charge in [0.1, 0.15) is 0 Å². The third-order valence-electron chi connectivity index (χ3n) is 4.52.